The molecule has 1 fully saturated rings. The lowest BCUT2D eigenvalue weighted by atomic mass is 9.92. The maximum atomic E-state index is 14.7. The second kappa shape index (κ2) is 11.0. The lowest BCUT2D eigenvalue weighted by molar-refractivity contribution is -0.0630. The molecule has 0 radical (unpaired) electrons. The molecule has 0 aliphatic carbocycles. The Kier molecular flexibility index (Phi) is 8.08. The summed E-state index contributed by atoms with van der Waals surface area (Å²) < 4.78 is 42.0. The van der Waals surface area contributed by atoms with Gasteiger partial charge < -0.3 is 24.3 Å². The number of halogens is 2. The summed E-state index contributed by atoms with van der Waals surface area (Å²) in [5.41, 5.74) is 1.12. The molecule has 1 aromatic heterocycles. The van der Waals surface area contributed by atoms with Crippen molar-refractivity contribution in [3.8, 4) is 0 Å². The third kappa shape index (κ3) is 5.83. The number of alkyl carbamates (subject to hydrolysis) is 1. The van der Waals surface area contributed by atoms with Gasteiger partial charge in [-0.25, -0.2) is 18.6 Å². The Morgan fingerprint density at radius 2 is 1.92 bits per heavy atom. The predicted octanol–water partition coefficient (Wildman–Crippen LogP) is 3.92. The number of imidazole rings is 1. The maximum absolute atomic E-state index is 14.7. The highest BCUT2D eigenvalue weighted by Crippen LogP contribution is 2.35. The maximum Gasteiger partial charge on any atom is 0.407 e. The minimum Gasteiger partial charge on any atom is -0.444 e. The van der Waals surface area contributed by atoms with E-state index < -0.39 is 35.5 Å². The summed E-state index contributed by atoms with van der Waals surface area (Å²) in [6, 6.07) is 2.43. The fraction of sp³-hybridized carbons (Fsp3) is 0.593. The molecule has 4 rings (SSSR count). The van der Waals surface area contributed by atoms with Crippen LogP contribution in [0.25, 0.3) is 0 Å². The molecular weight excluding hydrogens is 496 g/mol. The first kappa shape index (κ1) is 28.0. The van der Waals surface area contributed by atoms with E-state index in [0.29, 0.717) is 38.4 Å². The highest BCUT2D eigenvalue weighted by molar-refractivity contribution is 5.91. The van der Waals surface area contributed by atoms with E-state index in [2.05, 4.69) is 15.2 Å². The molecule has 2 amide bonds. The normalized spacial score (nSPS) is 21.7. The first-order valence-corrected chi connectivity index (χ1v) is 13.1. The molecule has 11 heteroatoms. The van der Waals surface area contributed by atoms with E-state index in [1.54, 1.807) is 25.7 Å². The Morgan fingerprint density at radius 1 is 1.21 bits per heavy atom. The van der Waals surface area contributed by atoms with Gasteiger partial charge in [-0.3, -0.25) is 9.69 Å². The van der Waals surface area contributed by atoms with Crippen molar-refractivity contribution in [2.45, 2.75) is 77.9 Å². The topological polar surface area (TPSA) is 88.9 Å². The third-order valence-electron chi connectivity index (χ3n) is 7.09. The van der Waals surface area contributed by atoms with Crippen LogP contribution in [0.4, 0.5) is 13.6 Å². The van der Waals surface area contributed by atoms with Gasteiger partial charge in [0.1, 0.15) is 23.3 Å². The number of nitrogens with zero attached hydrogens (tertiary/aromatic N) is 4. The van der Waals surface area contributed by atoms with Crippen LogP contribution in [0.5, 0.6) is 0 Å². The Morgan fingerprint density at radius 3 is 2.55 bits per heavy atom. The van der Waals surface area contributed by atoms with E-state index in [0.717, 1.165) is 29.6 Å². The van der Waals surface area contributed by atoms with Crippen LogP contribution in [-0.2, 0) is 29.6 Å². The van der Waals surface area contributed by atoms with Crippen molar-refractivity contribution < 1.29 is 27.8 Å². The highest BCUT2D eigenvalue weighted by Gasteiger charge is 2.41. The molecule has 3 atom stereocenters. The van der Waals surface area contributed by atoms with Crippen LogP contribution in [0.3, 0.4) is 0 Å². The van der Waals surface area contributed by atoms with Gasteiger partial charge in [-0.05, 0) is 59.2 Å². The second-order valence-corrected chi connectivity index (χ2v) is 10.8. The van der Waals surface area contributed by atoms with Crippen LogP contribution in [0, 0.1) is 11.6 Å². The molecule has 1 saturated heterocycles. The quantitative estimate of drug-likeness (QED) is 0.606. The zero-order valence-electron chi connectivity index (χ0n) is 22.9. The first-order chi connectivity index (χ1) is 17.9. The molecule has 0 unspecified atom stereocenters. The molecule has 1 aromatic carbocycles. The van der Waals surface area contributed by atoms with Crippen molar-refractivity contribution in [3.63, 3.8) is 0 Å². The molecule has 1 N–H and O–H groups in total. The molecule has 0 bridgehead atoms. The summed E-state index contributed by atoms with van der Waals surface area (Å²) in [7, 11) is 1.85. The summed E-state index contributed by atoms with van der Waals surface area (Å²) >= 11 is 0. The second-order valence-electron chi connectivity index (χ2n) is 10.8. The number of carbonyl (C=O) groups excluding carboxylic acids is 2. The summed E-state index contributed by atoms with van der Waals surface area (Å²) in [6.45, 7) is 11.7. The molecule has 0 saturated carbocycles. The Hall–Kier alpha value is -3.05. The van der Waals surface area contributed by atoms with Gasteiger partial charge in [0.05, 0.1) is 24.0 Å². The number of ether oxygens (including phenoxy) is 2. The van der Waals surface area contributed by atoms with Gasteiger partial charge in [-0.1, -0.05) is 0 Å². The average molecular weight is 534 g/mol. The van der Waals surface area contributed by atoms with Gasteiger partial charge in [0.25, 0.3) is 5.91 Å². The first-order valence-electron chi connectivity index (χ1n) is 13.1. The number of nitrogens with one attached hydrogen (secondary N) is 1. The fourth-order valence-electron chi connectivity index (χ4n) is 5.16. The summed E-state index contributed by atoms with van der Waals surface area (Å²) in [5, 5.41) is 2.83. The Labute approximate surface area is 222 Å². The number of aromatic nitrogens is 2. The van der Waals surface area contributed by atoms with Crippen molar-refractivity contribution in [1.29, 1.82) is 0 Å². The molecule has 208 valence electrons. The molecule has 9 nitrogen and oxygen atoms in total. The monoisotopic (exact) mass is 533 g/mol. The van der Waals surface area contributed by atoms with Crippen molar-refractivity contribution in [3.05, 3.63) is 52.6 Å². The minimum absolute atomic E-state index is 0.0513. The van der Waals surface area contributed by atoms with Crippen molar-refractivity contribution in [2.75, 3.05) is 19.7 Å². The zero-order valence-corrected chi connectivity index (χ0v) is 22.9. The van der Waals surface area contributed by atoms with Gasteiger partial charge in [0, 0.05) is 44.8 Å². The summed E-state index contributed by atoms with van der Waals surface area (Å²) in [6.07, 6.45) is -1.10. The molecule has 2 aromatic rings. The van der Waals surface area contributed by atoms with Gasteiger partial charge in [0.2, 0.25) is 0 Å². The van der Waals surface area contributed by atoms with Crippen LogP contribution in [0.15, 0.2) is 18.2 Å². The summed E-state index contributed by atoms with van der Waals surface area (Å²) in [5.74, 6) is -0.862. The minimum atomic E-state index is -0.879. The number of carbonyl (C=O) groups is 2. The van der Waals surface area contributed by atoms with Crippen molar-refractivity contribution in [1.82, 2.24) is 24.7 Å². The van der Waals surface area contributed by atoms with Crippen LogP contribution < -0.4 is 5.32 Å². The summed E-state index contributed by atoms with van der Waals surface area (Å²) in [4.78, 5) is 34.1. The van der Waals surface area contributed by atoms with Crippen LogP contribution >= 0.6 is 0 Å². The van der Waals surface area contributed by atoms with Crippen molar-refractivity contribution in [2.24, 2.45) is 7.05 Å². The number of amides is 2. The van der Waals surface area contributed by atoms with Crippen LogP contribution in [-0.4, -0.2) is 68.7 Å². The lowest BCUT2D eigenvalue weighted by Gasteiger charge is -2.40. The SMILES string of the molecule is CCN(CC)C(=O)c1nc2c(n1C)CN([C@H]1CO[C@H](c3cc(F)ccc3F)[C@@H](NC(=O)OC(C)(C)C)C1)C2. The van der Waals surface area contributed by atoms with Crippen LogP contribution in [0.1, 0.15) is 74.7 Å². The Balaban J connectivity index is 1.52. The lowest BCUT2D eigenvalue weighted by Crippen LogP contribution is -2.52. The number of fused-ring (bicyclic) bond motifs is 1. The molecule has 2 aliphatic heterocycles. The van der Waals surface area contributed by atoms with Crippen molar-refractivity contribution >= 4 is 12.0 Å². The molecule has 0 spiro atoms. The van der Waals surface area contributed by atoms with Gasteiger partial charge >= 0.3 is 6.09 Å². The molecule has 3 heterocycles. The van der Waals surface area contributed by atoms with E-state index >= 15 is 0 Å². The van der Waals surface area contributed by atoms with E-state index in [-0.39, 0.29) is 24.1 Å². The number of benzene rings is 1. The number of hydrogen-bond acceptors (Lipinski definition) is 6. The predicted molar refractivity (Wildman–Crippen MR) is 136 cm³/mol. The third-order valence-corrected chi connectivity index (χ3v) is 7.09. The average Bonchev–Trinajstić information content (AvgIpc) is 3.39. The smallest absolute Gasteiger partial charge is 0.407 e. The van der Waals surface area contributed by atoms with Gasteiger partial charge in [-0.2, -0.15) is 0 Å². The fourth-order valence-corrected chi connectivity index (χ4v) is 5.16. The Bertz CT molecular complexity index is 1190. The zero-order chi connectivity index (χ0) is 27.8. The van der Waals surface area contributed by atoms with Gasteiger partial charge in [0.15, 0.2) is 5.82 Å². The molecule has 2 aliphatic rings. The van der Waals surface area contributed by atoms with Crippen LogP contribution in [0.2, 0.25) is 0 Å². The largest absolute Gasteiger partial charge is 0.444 e. The molecular formula is C27H37F2N5O4. The van der Waals surface area contributed by atoms with E-state index in [1.165, 1.54) is 0 Å². The number of rotatable bonds is 6. The van der Waals surface area contributed by atoms with E-state index in [4.69, 9.17) is 9.47 Å². The van der Waals surface area contributed by atoms with E-state index in [1.807, 2.05) is 25.5 Å². The highest BCUT2D eigenvalue weighted by atomic mass is 19.1. The standard InChI is InChI=1S/C27H37F2N5O4/c1-7-33(8-2)25(35)24-30-21-13-34(14-22(21)32(24)6)17-12-20(31-26(36)38-27(3,4)5)23(37-15-17)18-11-16(28)9-10-19(18)29/h9-11,17,20,23H,7-8,12-15H2,1-6H3,(H,31,36)/t17-,20+,23-/m1/s1. The molecule has 38 heavy (non-hydrogen) atoms. The van der Waals surface area contributed by atoms with Gasteiger partial charge in [-0.15, -0.1) is 0 Å². The van der Waals surface area contributed by atoms with E-state index in [9.17, 15) is 18.4 Å². The number of hydrogen-bond donors (Lipinski definition) is 1.